The monoisotopic (exact) mass is 275 g/mol. The highest BCUT2D eigenvalue weighted by molar-refractivity contribution is 6.31. The van der Waals surface area contributed by atoms with Crippen LogP contribution in [0.3, 0.4) is 0 Å². The molecule has 0 aliphatic carbocycles. The summed E-state index contributed by atoms with van der Waals surface area (Å²) in [6.07, 6.45) is 2.61. The number of phenolic OH excluding ortho intramolecular Hbond substituents is 1. The Hall–Kier alpha value is -2.20. The van der Waals surface area contributed by atoms with E-state index in [-0.39, 0.29) is 23.5 Å². The number of nitrogens with zero attached hydrogens (tertiary/aromatic N) is 1. The molecule has 0 atom stereocenters. The van der Waals surface area contributed by atoms with Gasteiger partial charge >= 0.3 is 0 Å². The minimum atomic E-state index is -0.478. The van der Waals surface area contributed by atoms with Crippen molar-refractivity contribution in [2.24, 2.45) is 0 Å². The van der Waals surface area contributed by atoms with Crippen molar-refractivity contribution >= 4 is 23.2 Å². The highest BCUT2D eigenvalue weighted by Crippen LogP contribution is 2.23. The van der Waals surface area contributed by atoms with E-state index in [4.69, 9.17) is 11.6 Å². The lowest BCUT2D eigenvalue weighted by Gasteiger charge is -2.04. The van der Waals surface area contributed by atoms with E-state index in [0.717, 1.165) is 0 Å². The molecule has 96 valence electrons. The van der Waals surface area contributed by atoms with E-state index < -0.39 is 5.78 Å². The molecule has 1 N–H and O–H groups in total. The number of Topliss-reactive ketones (excluding diaryl/α,β-unsaturated/α-hetero) is 2. The molecule has 0 amide bonds. The summed E-state index contributed by atoms with van der Waals surface area (Å²) >= 11 is 5.76. The molecule has 0 spiro atoms. The third-order valence-electron chi connectivity index (χ3n) is 2.56. The van der Waals surface area contributed by atoms with E-state index in [1.165, 1.54) is 24.4 Å². The van der Waals surface area contributed by atoms with Gasteiger partial charge in [0.1, 0.15) is 5.75 Å². The number of pyridine rings is 1. The van der Waals surface area contributed by atoms with Gasteiger partial charge in [-0.2, -0.15) is 0 Å². The van der Waals surface area contributed by atoms with E-state index in [1.54, 1.807) is 18.3 Å². The first kappa shape index (κ1) is 13.2. The SMILES string of the molecule is O=C(CC(=O)c1cc(Cl)ccc1O)c1cccnc1. The summed E-state index contributed by atoms with van der Waals surface area (Å²) in [6, 6.07) is 7.34. The quantitative estimate of drug-likeness (QED) is 0.688. The molecule has 4 nitrogen and oxygen atoms in total. The van der Waals surface area contributed by atoms with E-state index in [1.807, 2.05) is 0 Å². The number of benzene rings is 1. The Morgan fingerprint density at radius 1 is 1.21 bits per heavy atom. The number of hydrogen-bond acceptors (Lipinski definition) is 4. The fraction of sp³-hybridized carbons (Fsp3) is 0.0714. The largest absolute Gasteiger partial charge is 0.507 e. The second-order valence-electron chi connectivity index (χ2n) is 3.93. The fourth-order valence-corrected chi connectivity index (χ4v) is 1.77. The molecule has 0 saturated carbocycles. The standard InChI is InChI=1S/C14H10ClNO3/c15-10-3-4-12(17)11(6-10)14(19)7-13(18)9-2-1-5-16-8-9/h1-6,8,17H,7H2. The second kappa shape index (κ2) is 5.63. The Kier molecular flexibility index (Phi) is 3.92. The first-order chi connectivity index (χ1) is 9.08. The Balaban J connectivity index is 2.18. The van der Waals surface area contributed by atoms with E-state index in [0.29, 0.717) is 10.6 Å². The van der Waals surface area contributed by atoms with Crippen LogP contribution in [0.2, 0.25) is 5.02 Å². The first-order valence-electron chi connectivity index (χ1n) is 5.53. The van der Waals surface area contributed by atoms with Crippen molar-refractivity contribution < 1.29 is 14.7 Å². The summed E-state index contributed by atoms with van der Waals surface area (Å²) < 4.78 is 0. The van der Waals surface area contributed by atoms with Crippen LogP contribution in [0.25, 0.3) is 0 Å². The Morgan fingerprint density at radius 3 is 2.68 bits per heavy atom. The second-order valence-corrected chi connectivity index (χ2v) is 4.36. The van der Waals surface area contributed by atoms with Gasteiger partial charge < -0.3 is 5.11 Å². The van der Waals surface area contributed by atoms with Crippen molar-refractivity contribution in [2.45, 2.75) is 6.42 Å². The van der Waals surface area contributed by atoms with E-state index >= 15 is 0 Å². The van der Waals surface area contributed by atoms with Gasteiger partial charge in [0.05, 0.1) is 12.0 Å². The van der Waals surface area contributed by atoms with Crippen LogP contribution in [0.4, 0.5) is 0 Å². The maximum absolute atomic E-state index is 11.9. The summed E-state index contributed by atoms with van der Waals surface area (Å²) in [5.41, 5.74) is 0.405. The Morgan fingerprint density at radius 2 is 2.00 bits per heavy atom. The van der Waals surface area contributed by atoms with Crippen LogP contribution in [0.1, 0.15) is 27.1 Å². The highest BCUT2D eigenvalue weighted by Gasteiger charge is 2.17. The maximum Gasteiger partial charge on any atom is 0.174 e. The van der Waals surface area contributed by atoms with Crippen molar-refractivity contribution in [3.05, 3.63) is 58.9 Å². The van der Waals surface area contributed by atoms with Gasteiger partial charge in [-0.3, -0.25) is 14.6 Å². The van der Waals surface area contributed by atoms with Crippen LogP contribution >= 0.6 is 11.6 Å². The predicted octanol–water partition coefficient (Wildman–Crippen LogP) is 2.90. The number of phenols is 1. The van der Waals surface area contributed by atoms with E-state index in [9.17, 15) is 14.7 Å². The molecule has 2 aromatic rings. The Labute approximate surface area is 114 Å². The molecule has 2 rings (SSSR count). The zero-order valence-electron chi connectivity index (χ0n) is 9.84. The lowest BCUT2D eigenvalue weighted by atomic mass is 10.0. The number of halogens is 1. The van der Waals surface area contributed by atoms with Crippen molar-refractivity contribution in [1.29, 1.82) is 0 Å². The minimum Gasteiger partial charge on any atom is -0.507 e. The molecule has 0 fully saturated rings. The zero-order chi connectivity index (χ0) is 13.8. The van der Waals surface area contributed by atoms with Crippen LogP contribution in [0.15, 0.2) is 42.7 Å². The van der Waals surface area contributed by atoms with Crippen LogP contribution in [-0.2, 0) is 0 Å². The molecular weight excluding hydrogens is 266 g/mol. The molecule has 0 bridgehead atoms. The van der Waals surface area contributed by atoms with E-state index in [2.05, 4.69) is 4.98 Å². The third kappa shape index (κ3) is 3.17. The number of hydrogen-bond donors (Lipinski definition) is 1. The predicted molar refractivity (Wildman–Crippen MR) is 70.6 cm³/mol. The van der Waals surface area contributed by atoms with Crippen LogP contribution in [0.5, 0.6) is 5.75 Å². The van der Waals surface area contributed by atoms with Gasteiger partial charge in [-0.1, -0.05) is 11.6 Å². The smallest absolute Gasteiger partial charge is 0.174 e. The van der Waals surface area contributed by atoms with Crippen LogP contribution in [-0.4, -0.2) is 21.7 Å². The molecule has 0 aliphatic rings. The molecule has 0 radical (unpaired) electrons. The number of aromatic nitrogens is 1. The number of rotatable bonds is 4. The molecule has 1 aromatic carbocycles. The number of ketones is 2. The van der Waals surface area contributed by atoms with Gasteiger partial charge in [0, 0.05) is 23.0 Å². The summed E-state index contributed by atoms with van der Waals surface area (Å²) in [6.45, 7) is 0. The van der Waals surface area contributed by atoms with Crippen LogP contribution < -0.4 is 0 Å². The molecule has 5 heteroatoms. The maximum atomic E-state index is 11.9. The average molecular weight is 276 g/mol. The highest BCUT2D eigenvalue weighted by atomic mass is 35.5. The molecule has 1 aromatic heterocycles. The summed E-state index contributed by atoms with van der Waals surface area (Å²) in [5, 5.41) is 9.91. The van der Waals surface area contributed by atoms with Crippen molar-refractivity contribution in [3.63, 3.8) is 0 Å². The molecule has 0 saturated heterocycles. The summed E-state index contributed by atoms with van der Waals surface area (Å²) in [4.78, 5) is 27.6. The minimum absolute atomic E-state index is 0.0461. The lowest BCUT2D eigenvalue weighted by molar-refractivity contribution is 0.0893. The molecule has 0 unspecified atom stereocenters. The van der Waals surface area contributed by atoms with Crippen molar-refractivity contribution in [3.8, 4) is 5.75 Å². The number of carbonyl (C=O) groups excluding carboxylic acids is 2. The summed E-state index contributed by atoms with van der Waals surface area (Å²) in [7, 11) is 0. The molecule has 0 aliphatic heterocycles. The summed E-state index contributed by atoms with van der Waals surface area (Å²) in [5.74, 6) is -1.01. The Bertz CT molecular complexity index is 626. The van der Waals surface area contributed by atoms with Gasteiger partial charge in [-0.15, -0.1) is 0 Å². The van der Waals surface area contributed by atoms with Gasteiger partial charge in [0.25, 0.3) is 0 Å². The molecule has 19 heavy (non-hydrogen) atoms. The molecular formula is C14H10ClNO3. The topological polar surface area (TPSA) is 67.3 Å². The number of carbonyl (C=O) groups is 2. The first-order valence-corrected chi connectivity index (χ1v) is 5.90. The van der Waals surface area contributed by atoms with Gasteiger partial charge in [0.2, 0.25) is 0 Å². The lowest BCUT2D eigenvalue weighted by Crippen LogP contribution is -2.09. The van der Waals surface area contributed by atoms with Crippen LogP contribution in [0, 0.1) is 0 Å². The van der Waals surface area contributed by atoms with Gasteiger partial charge in [-0.25, -0.2) is 0 Å². The number of aromatic hydroxyl groups is 1. The molecule has 1 heterocycles. The van der Waals surface area contributed by atoms with Gasteiger partial charge in [0.15, 0.2) is 11.6 Å². The van der Waals surface area contributed by atoms with Crippen molar-refractivity contribution in [2.75, 3.05) is 0 Å². The van der Waals surface area contributed by atoms with Crippen molar-refractivity contribution in [1.82, 2.24) is 4.98 Å². The normalized spacial score (nSPS) is 10.2. The zero-order valence-corrected chi connectivity index (χ0v) is 10.6. The fourth-order valence-electron chi connectivity index (χ4n) is 1.60. The third-order valence-corrected chi connectivity index (χ3v) is 2.80. The van der Waals surface area contributed by atoms with Gasteiger partial charge in [-0.05, 0) is 30.3 Å². The average Bonchev–Trinajstić information content (AvgIpc) is 2.42.